The van der Waals surface area contributed by atoms with E-state index in [1.165, 1.54) is 36.0 Å². The topological polar surface area (TPSA) is 12.0 Å². The molecule has 1 saturated carbocycles. The normalized spacial score (nSPS) is 24.2. The van der Waals surface area contributed by atoms with Gasteiger partial charge >= 0.3 is 0 Å². The summed E-state index contributed by atoms with van der Waals surface area (Å²) in [5.41, 5.74) is 4.20. The van der Waals surface area contributed by atoms with Gasteiger partial charge in [0, 0.05) is 17.8 Å². The fourth-order valence-electron chi connectivity index (χ4n) is 2.52. The van der Waals surface area contributed by atoms with Gasteiger partial charge in [0.15, 0.2) is 0 Å². The van der Waals surface area contributed by atoms with Crippen LogP contribution in [-0.4, -0.2) is 17.5 Å². The molecule has 0 bridgehead atoms. The minimum atomic E-state index is 0.731. The average Bonchev–Trinajstić information content (AvgIpc) is 2.79. The van der Waals surface area contributed by atoms with E-state index in [2.05, 4.69) is 43.6 Å². The van der Waals surface area contributed by atoms with E-state index in [0.717, 1.165) is 17.8 Å². The standard InChI is InChI=1S/C15H23NS/c1-11-4-5-13(8-12(11)2)10-16-14-6-7-15(9-14)17-3/h4-5,8,14-16H,6-7,9-10H2,1-3H3. The molecule has 1 aromatic carbocycles. The maximum atomic E-state index is 3.70. The van der Waals surface area contributed by atoms with Gasteiger partial charge in [-0.25, -0.2) is 0 Å². The predicted octanol–water partition coefficient (Wildman–Crippen LogP) is 3.68. The maximum absolute atomic E-state index is 3.70. The molecule has 0 aromatic heterocycles. The van der Waals surface area contributed by atoms with Gasteiger partial charge in [-0.1, -0.05) is 18.2 Å². The molecule has 2 unspecified atom stereocenters. The van der Waals surface area contributed by atoms with Crippen LogP contribution in [0.15, 0.2) is 18.2 Å². The lowest BCUT2D eigenvalue weighted by molar-refractivity contribution is 0.525. The van der Waals surface area contributed by atoms with Crippen molar-refractivity contribution in [3.63, 3.8) is 0 Å². The average molecular weight is 249 g/mol. The van der Waals surface area contributed by atoms with Crippen molar-refractivity contribution in [3.8, 4) is 0 Å². The van der Waals surface area contributed by atoms with Crippen LogP contribution in [0, 0.1) is 13.8 Å². The van der Waals surface area contributed by atoms with Crippen LogP contribution >= 0.6 is 11.8 Å². The molecule has 0 radical (unpaired) electrons. The van der Waals surface area contributed by atoms with Crippen LogP contribution in [0.25, 0.3) is 0 Å². The summed E-state index contributed by atoms with van der Waals surface area (Å²) in [5, 5.41) is 4.58. The molecule has 0 aliphatic heterocycles. The second-order valence-electron chi connectivity index (χ2n) is 5.17. The Labute approximate surface area is 109 Å². The molecule has 1 N–H and O–H groups in total. The van der Waals surface area contributed by atoms with Crippen molar-refractivity contribution >= 4 is 11.8 Å². The SMILES string of the molecule is CSC1CCC(NCc2ccc(C)c(C)c2)C1. The van der Waals surface area contributed by atoms with Crippen LogP contribution in [-0.2, 0) is 6.54 Å². The van der Waals surface area contributed by atoms with Gasteiger partial charge in [-0.2, -0.15) is 11.8 Å². The van der Waals surface area contributed by atoms with Crippen molar-refractivity contribution in [2.24, 2.45) is 0 Å². The van der Waals surface area contributed by atoms with Gasteiger partial charge in [0.05, 0.1) is 0 Å². The minimum absolute atomic E-state index is 0.731. The zero-order valence-electron chi connectivity index (χ0n) is 11.1. The van der Waals surface area contributed by atoms with Crippen LogP contribution in [0.3, 0.4) is 0 Å². The highest BCUT2D eigenvalue weighted by molar-refractivity contribution is 7.99. The Morgan fingerprint density at radius 3 is 2.71 bits per heavy atom. The van der Waals surface area contributed by atoms with Gasteiger partial charge < -0.3 is 5.32 Å². The first-order valence-corrected chi connectivity index (χ1v) is 7.80. The third-order valence-corrected chi connectivity index (χ3v) is 4.98. The first-order chi connectivity index (χ1) is 8.19. The first-order valence-electron chi connectivity index (χ1n) is 6.51. The maximum Gasteiger partial charge on any atom is 0.0208 e. The molecule has 1 aliphatic carbocycles. The number of nitrogens with one attached hydrogen (secondary N) is 1. The van der Waals surface area contributed by atoms with Gasteiger partial charge in [-0.3, -0.25) is 0 Å². The van der Waals surface area contributed by atoms with Gasteiger partial charge in [-0.15, -0.1) is 0 Å². The summed E-state index contributed by atoms with van der Waals surface area (Å²) in [4.78, 5) is 0. The Bertz CT molecular complexity index is 375. The summed E-state index contributed by atoms with van der Waals surface area (Å²) in [7, 11) is 0. The number of hydrogen-bond donors (Lipinski definition) is 1. The molecular weight excluding hydrogens is 226 g/mol. The second kappa shape index (κ2) is 5.92. The molecular formula is C15H23NS. The molecule has 0 spiro atoms. The van der Waals surface area contributed by atoms with Crippen molar-refractivity contribution in [2.75, 3.05) is 6.26 Å². The molecule has 1 fully saturated rings. The summed E-state index contributed by atoms with van der Waals surface area (Å²) in [5.74, 6) is 0. The molecule has 2 rings (SSSR count). The van der Waals surface area contributed by atoms with Gasteiger partial charge in [0.2, 0.25) is 0 Å². The summed E-state index contributed by atoms with van der Waals surface area (Å²) in [6, 6.07) is 7.51. The van der Waals surface area contributed by atoms with Crippen molar-refractivity contribution in [2.45, 2.75) is 50.9 Å². The molecule has 17 heavy (non-hydrogen) atoms. The lowest BCUT2D eigenvalue weighted by Gasteiger charge is -2.13. The first kappa shape index (κ1) is 13.0. The summed E-state index contributed by atoms with van der Waals surface area (Å²) < 4.78 is 0. The number of benzene rings is 1. The molecule has 94 valence electrons. The summed E-state index contributed by atoms with van der Waals surface area (Å²) in [6.07, 6.45) is 6.30. The molecule has 0 heterocycles. The molecule has 0 saturated heterocycles. The molecule has 2 heteroatoms. The van der Waals surface area contributed by atoms with Gasteiger partial charge in [0.25, 0.3) is 0 Å². The quantitative estimate of drug-likeness (QED) is 0.873. The Hall–Kier alpha value is -0.470. The number of rotatable bonds is 4. The zero-order chi connectivity index (χ0) is 12.3. The molecule has 1 nitrogen and oxygen atoms in total. The third-order valence-electron chi connectivity index (χ3n) is 3.88. The number of aryl methyl sites for hydroxylation is 2. The Morgan fingerprint density at radius 1 is 1.24 bits per heavy atom. The predicted molar refractivity (Wildman–Crippen MR) is 77.7 cm³/mol. The van der Waals surface area contributed by atoms with E-state index in [1.54, 1.807) is 0 Å². The van der Waals surface area contributed by atoms with Gasteiger partial charge in [0.1, 0.15) is 0 Å². The molecule has 1 aromatic rings. The summed E-state index contributed by atoms with van der Waals surface area (Å²) >= 11 is 2.02. The molecule has 2 atom stereocenters. The van der Waals surface area contributed by atoms with E-state index in [0.29, 0.717) is 0 Å². The van der Waals surface area contributed by atoms with E-state index >= 15 is 0 Å². The van der Waals surface area contributed by atoms with Crippen LogP contribution < -0.4 is 5.32 Å². The Kier molecular flexibility index (Phi) is 4.52. The van der Waals surface area contributed by atoms with E-state index in [4.69, 9.17) is 0 Å². The largest absolute Gasteiger partial charge is 0.310 e. The van der Waals surface area contributed by atoms with Gasteiger partial charge in [-0.05, 0) is 56.1 Å². The fraction of sp³-hybridized carbons (Fsp3) is 0.600. The second-order valence-corrected chi connectivity index (χ2v) is 6.31. The van der Waals surface area contributed by atoms with Crippen molar-refractivity contribution in [1.29, 1.82) is 0 Å². The van der Waals surface area contributed by atoms with Crippen LogP contribution in [0.1, 0.15) is 36.0 Å². The Balaban J connectivity index is 1.84. The highest BCUT2D eigenvalue weighted by Gasteiger charge is 2.23. The summed E-state index contributed by atoms with van der Waals surface area (Å²) in [6.45, 7) is 5.39. The number of thioether (sulfide) groups is 1. The van der Waals surface area contributed by atoms with Crippen molar-refractivity contribution in [3.05, 3.63) is 34.9 Å². The Morgan fingerprint density at radius 2 is 2.06 bits per heavy atom. The van der Waals surface area contributed by atoms with Crippen LogP contribution in [0.2, 0.25) is 0 Å². The molecule has 0 amide bonds. The number of hydrogen-bond acceptors (Lipinski definition) is 2. The fourth-order valence-corrected chi connectivity index (χ4v) is 3.31. The van der Waals surface area contributed by atoms with E-state index in [-0.39, 0.29) is 0 Å². The smallest absolute Gasteiger partial charge is 0.0208 e. The van der Waals surface area contributed by atoms with E-state index < -0.39 is 0 Å². The minimum Gasteiger partial charge on any atom is -0.310 e. The van der Waals surface area contributed by atoms with E-state index in [1.807, 2.05) is 11.8 Å². The highest BCUT2D eigenvalue weighted by atomic mass is 32.2. The van der Waals surface area contributed by atoms with Crippen molar-refractivity contribution in [1.82, 2.24) is 5.32 Å². The van der Waals surface area contributed by atoms with Crippen LogP contribution in [0.4, 0.5) is 0 Å². The van der Waals surface area contributed by atoms with E-state index in [9.17, 15) is 0 Å². The monoisotopic (exact) mass is 249 g/mol. The lowest BCUT2D eigenvalue weighted by atomic mass is 10.1. The third kappa shape index (κ3) is 3.49. The van der Waals surface area contributed by atoms with Crippen molar-refractivity contribution < 1.29 is 0 Å². The zero-order valence-corrected chi connectivity index (χ0v) is 11.9. The molecule has 1 aliphatic rings. The van der Waals surface area contributed by atoms with Crippen LogP contribution in [0.5, 0.6) is 0 Å². The lowest BCUT2D eigenvalue weighted by Crippen LogP contribution is -2.26. The highest BCUT2D eigenvalue weighted by Crippen LogP contribution is 2.28.